The molecule has 0 unspecified atom stereocenters. The molecule has 65 heavy (non-hydrogen) atoms. The molecule has 10 rings (SSSR count). The van der Waals surface area contributed by atoms with Crippen molar-refractivity contribution in [1.82, 2.24) is 0 Å². The van der Waals surface area contributed by atoms with E-state index in [2.05, 4.69) is 248 Å². The quantitative estimate of drug-likeness (QED) is 0.111. The number of nitrogens with zero attached hydrogens (tertiary/aromatic N) is 2. The molecule has 0 radical (unpaired) electrons. The summed E-state index contributed by atoms with van der Waals surface area (Å²) in [5.74, 6) is 0. The molecule has 0 N–H and O–H groups in total. The number of fused-ring (bicyclic) bond motifs is 10. The topological polar surface area (TPSA) is 6.48 Å². The summed E-state index contributed by atoms with van der Waals surface area (Å²) in [6, 6.07) is 60.2. The Hall–Kier alpha value is -6.21. The normalized spacial score (nSPS) is 13.4. The van der Waals surface area contributed by atoms with Crippen LogP contribution < -0.4 is 9.80 Å². The number of aryl methyl sites for hydroxylation is 4. The zero-order valence-corrected chi connectivity index (χ0v) is 42.4. The first-order valence-corrected chi connectivity index (χ1v) is 30.4. The second kappa shape index (κ2) is 15.5. The smallest absolute Gasteiger partial charge is 0.0579 e. The number of hydrogen-bond acceptors (Lipinski definition) is 2. The first-order chi connectivity index (χ1) is 31.0. The van der Waals surface area contributed by atoms with Gasteiger partial charge in [-0.3, -0.25) is 0 Å². The van der Waals surface area contributed by atoms with Gasteiger partial charge in [-0.25, -0.2) is 0 Å². The Morgan fingerprint density at radius 3 is 1.28 bits per heavy atom. The van der Waals surface area contributed by atoms with E-state index in [4.69, 9.17) is 0 Å². The van der Waals surface area contributed by atoms with E-state index in [-0.39, 0.29) is 4.66 Å². The van der Waals surface area contributed by atoms with E-state index in [1.165, 1.54) is 99.6 Å². The Morgan fingerprint density at radius 2 is 0.785 bits per heavy atom. The molecule has 0 bridgehead atoms. The van der Waals surface area contributed by atoms with Gasteiger partial charge >= 0.3 is 0 Å². The van der Waals surface area contributed by atoms with Gasteiger partial charge in [0.1, 0.15) is 0 Å². The molecule has 0 fully saturated rings. The Balaban J connectivity index is 1.26. The van der Waals surface area contributed by atoms with Crippen molar-refractivity contribution in [2.75, 3.05) is 9.80 Å². The van der Waals surface area contributed by atoms with Crippen LogP contribution in [0.4, 0.5) is 34.1 Å². The maximum atomic E-state index is 2.66. The molecule has 0 saturated carbocycles. The molecule has 1 aliphatic rings. The Morgan fingerprint density at radius 1 is 0.338 bits per heavy atom. The molecule has 324 valence electrons. The molecule has 0 saturated heterocycles. The fourth-order valence-corrected chi connectivity index (χ4v) is 25.2. The lowest BCUT2D eigenvalue weighted by Gasteiger charge is -2.52. The number of para-hydroxylation sites is 2. The van der Waals surface area contributed by atoms with Gasteiger partial charge in [0.2, 0.25) is 0 Å². The van der Waals surface area contributed by atoms with E-state index in [9.17, 15) is 0 Å². The summed E-state index contributed by atoms with van der Waals surface area (Å²) in [6.07, 6.45) is 0. The van der Waals surface area contributed by atoms with Gasteiger partial charge in [-0.15, -0.1) is 0 Å². The SMILES string of the molecule is Cc1cc(N(c2ccccc2)c2ccc3c4c(ccc3c2)-c2c(c3ccc(N(c5ccccc5)c5cc(C)c(C)c(C)c5)cc3c3ccccc23)C4([Si](C)(C)C)[Si](C)(C)C)cc(C)c1C. The van der Waals surface area contributed by atoms with Crippen molar-refractivity contribution in [1.29, 1.82) is 0 Å². The Bertz CT molecular complexity index is 3290. The van der Waals surface area contributed by atoms with Crippen molar-refractivity contribution in [3.63, 3.8) is 0 Å². The molecule has 9 aromatic carbocycles. The minimum absolute atomic E-state index is 0.0932. The number of anilines is 6. The van der Waals surface area contributed by atoms with Gasteiger partial charge in [0.25, 0.3) is 0 Å². The van der Waals surface area contributed by atoms with Crippen LogP contribution in [0.3, 0.4) is 0 Å². The van der Waals surface area contributed by atoms with Gasteiger partial charge in [0.15, 0.2) is 0 Å². The summed E-state index contributed by atoms with van der Waals surface area (Å²) in [7, 11) is -4.22. The van der Waals surface area contributed by atoms with Gasteiger partial charge in [-0.1, -0.05) is 124 Å². The second-order valence-corrected chi connectivity index (χ2v) is 31.9. The molecule has 2 nitrogen and oxygen atoms in total. The zero-order valence-electron chi connectivity index (χ0n) is 40.4. The molecule has 0 spiro atoms. The largest absolute Gasteiger partial charge is 0.310 e. The van der Waals surface area contributed by atoms with Crippen LogP contribution in [0, 0.1) is 41.5 Å². The van der Waals surface area contributed by atoms with Crippen LogP contribution in [0.2, 0.25) is 39.3 Å². The van der Waals surface area contributed by atoms with Crippen LogP contribution >= 0.6 is 0 Å². The van der Waals surface area contributed by atoms with E-state index in [1.807, 2.05) is 0 Å². The van der Waals surface area contributed by atoms with Gasteiger partial charge in [-0.05, 0) is 202 Å². The van der Waals surface area contributed by atoms with Crippen molar-refractivity contribution in [3.05, 3.63) is 202 Å². The lowest BCUT2D eigenvalue weighted by Crippen LogP contribution is -2.63. The fraction of sp³-hybridized carbons (Fsp3) is 0.213. The van der Waals surface area contributed by atoms with Crippen molar-refractivity contribution in [3.8, 4) is 11.1 Å². The average molecular weight is 879 g/mol. The zero-order chi connectivity index (χ0) is 45.7. The lowest BCUT2D eigenvalue weighted by molar-refractivity contribution is 0.973. The molecule has 0 aromatic heterocycles. The summed E-state index contributed by atoms with van der Waals surface area (Å²) in [4.78, 5) is 4.91. The first-order valence-electron chi connectivity index (χ1n) is 23.4. The lowest BCUT2D eigenvalue weighted by atomic mass is 9.91. The van der Waals surface area contributed by atoms with E-state index >= 15 is 0 Å². The number of rotatable bonds is 8. The number of hydrogen-bond donors (Lipinski definition) is 0. The van der Waals surface area contributed by atoms with Crippen LogP contribution in [0.15, 0.2) is 158 Å². The third kappa shape index (κ3) is 6.55. The molecule has 0 aliphatic heterocycles. The van der Waals surface area contributed by atoms with Crippen molar-refractivity contribution in [2.24, 2.45) is 0 Å². The predicted octanol–water partition coefficient (Wildman–Crippen LogP) is 18.0. The van der Waals surface area contributed by atoms with Crippen LogP contribution in [-0.4, -0.2) is 16.1 Å². The maximum absolute atomic E-state index is 2.66. The Kier molecular flexibility index (Phi) is 10.2. The molecule has 0 atom stereocenters. The third-order valence-corrected chi connectivity index (χ3v) is 25.2. The van der Waals surface area contributed by atoms with E-state index in [0.29, 0.717) is 0 Å². The molecule has 1 aliphatic carbocycles. The van der Waals surface area contributed by atoms with Crippen LogP contribution in [0.25, 0.3) is 43.4 Å². The highest BCUT2D eigenvalue weighted by Crippen LogP contribution is 2.63. The molecule has 4 heteroatoms. The Labute approximate surface area is 389 Å². The number of benzene rings is 9. The van der Waals surface area contributed by atoms with Crippen LogP contribution in [0.5, 0.6) is 0 Å². The average Bonchev–Trinajstić information content (AvgIpc) is 3.62. The summed E-state index contributed by atoms with van der Waals surface area (Å²) in [5, 5.41) is 8.10. The highest BCUT2D eigenvalue weighted by molar-refractivity contribution is 7.00. The minimum Gasteiger partial charge on any atom is -0.310 e. The van der Waals surface area contributed by atoms with Gasteiger partial charge < -0.3 is 9.80 Å². The molecule has 0 heterocycles. The molecular formula is C61H62N2Si2. The summed E-state index contributed by atoms with van der Waals surface area (Å²) in [5.41, 5.74) is 21.0. The second-order valence-electron chi connectivity index (χ2n) is 20.9. The monoisotopic (exact) mass is 878 g/mol. The van der Waals surface area contributed by atoms with Crippen LogP contribution in [0.1, 0.15) is 44.5 Å². The highest BCUT2D eigenvalue weighted by atomic mass is 28.4. The van der Waals surface area contributed by atoms with E-state index in [0.717, 1.165) is 11.4 Å². The van der Waals surface area contributed by atoms with Gasteiger partial charge in [-0.2, -0.15) is 0 Å². The fourth-order valence-electron chi connectivity index (χ4n) is 12.1. The summed E-state index contributed by atoms with van der Waals surface area (Å²) in [6.45, 7) is 29.4. The third-order valence-electron chi connectivity index (χ3n) is 15.2. The van der Waals surface area contributed by atoms with Gasteiger partial charge in [0.05, 0.1) is 16.1 Å². The van der Waals surface area contributed by atoms with E-state index in [1.54, 1.807) is 11.1 Å². The van der Waals surface area contributed by atoms with Gasteiger partial charge in [0, 0.05) is 38.8 Å². The van der Waals surface area contributed by atoms with Crippen molar-refractivity contribution < 1.29 is 0 Å². The van der Waals surface area contributed by atoms with Crippen molar-refractivity contribution in [2.45, 2.75) is 85.5 Å². The first kappa shape index (κ1) is 42.7. The summed E-state index contributed by atoms with van der Waals surface area (Å²) < 4.78 is -0.0932. The highest BCUT2D eigenvalue weighted by Gasteiger charge is 2.60. The van der Waals surface area contributed by atoms with Crippen molar-refractivity contribution >= 4 is 82.6 Å². The predicted molar refractivity (Wildman–Crippen MR) is 290 cm³/mol. The minimum atomic E-state index is -2.11. The molecule has 9 aromatic rings. The maximum Gasteiger partial charge on any atom is 0.0579 e. The molecule has 0 amide bonds. The summed E-state index contributed by atoms with van der Waals surface area (Å²) >= 11 is 0. The molecular weight excluding hydrogens is 817 g/mol. The van der Waals surface area contributed by atoms with E-state index < -0.39 is 16.1 Å². The van der Waals surface area contributed by atoms with Crippen LogP contribution in [-0.2, 0) is 4.66 Å². The standard InChI is InChI=1S/C61H62N2Si2/c1-39-33-50(34-40(2)43(39)5)62(46-21-15-13-16-22-46)48-28-31-52-45(37-48)27-30-56-58-54-26-20-19-25-53(54)57-38-49(29-32-55(57)60(58)61(59(52)56,64(7,8)9)65(10,11)12)63(47-23-17-14-18-24-47)51-35-41(3)44(6)42(4)36-51/h13-38H,1-12H3.